The molecule has 0 spiro atoms. The Morgan fingerprint density at radius 1 is 1.14 bits per heavy atom. The molecule has 0 amide bonds. The highest BCUT2D eigenvalue weighted by molar-refractivity contribution is 7.89. The van der Waals surface area contributed by atoms with Crippen molar-refractivity contribution in [1.82, 2.24) is 4.31 Å². The van der Waals surface area contributed by atoms with Crippen LogP contribution in [0.3, 0.4) is 0 Å². The van der Waals surface area contributed by atoms with Crippen LogP contribution in [0, 0.1) is 20.8 Å². The molecule has 0 aliphatic heterocycles. The molecule has 22 heavy (non-hydrogen) atoms. The van der Waals surface area contributed by atoms with Crippen LogP contribution < -0.4 is 0 Å². The molecule has 1 aromatic carbocycles. The summed E-state index contributed by atoms with van der Waals surface area (Å²) in [6.45, 7) is 2.95. The molecule has 0 unspecified atom stereocenters. The van der Waals surface area contributed by atoms with E-state index in [2.05, 4.69) is 0 Å². The number of benzene rings is 1. The second-order valence-electron chi connectivity index (χ2n) is 5.17. The minimum atomic E-state index is -4.62. The van der Waals surface area contributed by atoms with Crippen LogP contribution in [0.4, 0.5) is 13.2 Å². The molecule has 0 atom stereocenters. The monoisotopic (exact) mass is 339 g/mol. The van der Waals surface area contributed by atoms with Gasteiger partial charge in [-0.1, -0.05) is 17.7 Å². The second kappa shape index (κ2) is 6.97. The molecule has 0 bridgehead atoms. The van der Waals surface area contributed by atoms with E-state index in [-0.39, 0.29) is 18.0 Å². The average molecular weight is 339 g/mol. The first-order valence-corrected chi connectivity index (χ1v) is 8.06. The minimum Gasteiger partial charge on any atom is -0.383 e. The van der Waals surface area contributed by atoms with Crippen LogP contribution in [0.2, 0.25) is 0 Å². The Hall–Kier alpha value is -1.12. The summed E-state index contributed by atoms with van der Waals surface area (Å²) in [6.07, 6.45) is -4.62. The molecule has 0 saturated carbocycles. The number of rotatable bonds is 6. The van der Waals surface area contributed by atoms with Crippen molar-refractivity contribution < 1.29 is 26.3 Å². The lowest BCUT2D eigenvalue weighted by Gasteiger charge is -2.25. The van der Waals surface area contributed by atoms with Crippen LogP contribution in [0.15, 0.2) is 17.0 Å². The van der Waals surface area contributed by atoms with E-state index < -0.39 is 22.7 Å². The molecule has 0 saturated heterocycles. The lowest BCUT2D eigenvalue weighted by molar-refractivity contribution is -0.136. The molecule has 1 aromatic rings. The Kier molecular flexibility index (Phi) is 6.00. The van der Waals surface area contributed by atoms with E-state index in [1.165, 1.54) is 7.11 Å². The first kappa shape index (κ1) is 18.9. The minimum absolute atomic E-state index is 0.0709. The van der Waals surface area contributed by atoms with E-state index in [9.17, 15) is 21.6 Å². The summed E-state index contributed by atoms with van der Waals surface area (Å²) in [7, 11) is -2.94. The van der Waals surface area contributed by atoms with Crippen molar-refractivity contribution in [3.05, 3.63) is 28.8 Å². The molecule has 8 heteroatoms. The summed E-state index contributed by atoms with van der Waals surface area (Å²) < 4.78 is 68.5. The molecule has 0 fully saturated rings. The van der Waals surface area contributed by atoms with Gasteiger partial charge in [-0.15, -0.1) is 0 Å². The van der Waals surface area contributed by atoms with Crippen molar-refractivity contribution in [2.45, 2.75) is 31.8 Å². The lowest BCUT2D eigenvalue weighted by atomic mass is 10.1. The zero-order chi connectivity index (χ0) is 17.1. The lowest BCUT2D eigenvalue weighted by Crippen LogP contribution is -2.41. The molecule has 0 radical (unpaired) electrons. The van der Waals surface area contributed by atoms with E-state index in [1.54, 1.807) is 32.9 Å². The molecule has 126 valence electrons. The molecular weight excluding hydrogens is 319 g/mol. The summed E-state index contributed by atoms with van der Waals surface area (Å²) >= 11 is 0. The van der Waals surface area contributed by atoms with Gasteiger partial charge >= 0.3 is 6.18 Å². The van der Waals surface area contributed by atoms with Crippen molar-refractivity contribution in [3.8, 4) is 0 Å². The number of hydrogen-bond acceptors (Lipinski definition) is 3. The molecule has 0 heterocycles. The van der Waals surface area contributed by atoms with Crippen LogP contribution in [0.25, 0.3) is 0 Å². The number of nitrogens with zero attached hydrogens (tertiary/aromatic N) is 1. The van der Waals surface area contributed by atoms with Gasteiger partial charge in [0, 0.05) is 13.7 Å². The Balaban J connectivity index is 3.33. The van der Waals surface area contributed by atoms with Gasteiger partial charge in [0.25, 0.3) is 0 Å². The molecule has 0 aliphatic carbocycles. The Bertz CT molecular complexity index is 604. The van der Waals surface area contributed by atoms with Crippen molar-refractivity contribution in [3.63, 3.8) is 0 Å². The fraction of sp³-hybridized carbons (Fsp3) is 0.571. The first-order valence-electron chi connectivity index (χ1n) is 6.62. The van der Waals surface area contributed by atoms with E-state index in [0.717, 1.165) is 5.56 Å². The van der Waals surface area contributed by atoms with Gasteiger partial charge < -0.3 is 4.74 Å². The number of alkyl halides is 3. The normalized spacial score (nSPS) is 12.9. The SMILES string of the molecule is COCCN(CC(F)(F)F)S(=O)(=O)c1c(C)cc(C)cc1C. The van der Waals surface area contributed by atoms with Gasteiger partial charge in [0.05, 0.1) is 11.5 Å². The topological polar surface area (TPSA) is 46.6 Å². The van der Waals surface area contributed by atoms with Gasteiger partial charge in [0.1, 0.15) is 6.54 Å². The van der Waals surface area contributed by atoms with Crippen molar-refractivity contribution in [2.24, 2.45) is 0 Å². The number of sulfonamides is 1. The number of halogens is 3. The summed E-state index contributed by atoms with van der Waals surface area (Å²) in [5.74, 6) is 0. The third-order valence-corrected chi connectivity index (χ3v) is 5.25. The van der Waals surface area contributed by atoms with Crippen molar-refractivity contribution in [1.29, 1.82) is 0 Å². The Labute approximate surface area is 128 Å². The molecule has 0 aliphatic rings. The zero-order valence-electron chi connectivity index (χ0n) is 13.0. The van der Waals surface area contributed by atoms with Gasteiger partial charge in [-0.3, -0.25) is 0 Å². The Morgan fingerprint density at radius 3 is 2.05 bits per heavy atom. The number of methoxy groups -OCH3 is 1. The smallest absolute Gasteiger partial charge is 0.383 e. The van der Waals surface area contributed by atoms with Crippen LogP contribution in [-0.4, -0.2) is 45.7 Å². The maximum atomic E-state index is 12.7. The fourth-order valence-electron chi connectivity index (χ4n) is 2.38. The predicted octanol–water partition coefficient (Wildman–Crippen LogP) is 2.81. The molecule has 4 nitrogen and oxygen atoms in total. The summed E-state index contributed by atoms with van der Waals surface area (Å²) in [5, 5.41) is 0. The Morgan fingerprint density at radius 2 is 1.64 bits per heavy atom. The number of hydrogen-bond donors (Lipinski definition) is 0. The summed E-state index contributed by atoms with van der Waals surface area (Å²) in [6, 6.07) is 3.28. The van der Waals surface area contributed by atoms with Gasteiger partial charge in [-0.25, -0.2) is 8.42 Å². The van der Waals surface area contributed by atoms with Gasteiger partial charge in [0.2, 0.25) is 10.0 Å². The highest BCUT2D eigenvalue weighted by Gasteiger charge is 2.37. The third kappa shape index (κ3) is 4.69. The van der Waals surface area contributed by atoms with E-state index in [4.69, 9.17) is 4.74 Å². The van der Waals surface area contributed by atoms with Crippen LogP contribution >= 0.6 is 0 Å². The van der Waals surface area contributed by atoms with Crippen molar-refractivity contribution >= 4 is 10.0 Å². The van der Waals surface area contributed by atoms with Crippen molar-refractivity contribution in [2.75, 3.05) is 26.8 Å². The van der Waals surface area contributed by atoms with Crippen LogP contribution in [-0.2, 0) is 14.8 Å². The van der Waals surface area contributed by atoms with Crippen LogP contribution in [0.5, 0.6) is 0 Å². The zero-order valence-corrected chi connectivity index (χ0v) is 13.8. The van der Waals surface area contributed by atoms with Gasteiger partial charge in [-0.05, 0) is 31.9 Å². The highest BCUT2D eigenvalue weighted by Crippen LogP contribution is 2.27. The quantitative estimate of drug-likeness (QED) is 0.801. The molecule has 0 aromatic heterocycles. The number of aryl methyl sites for hydroxylation is 3. The molecule has 0 N–H and O–H groups in total. The van der Waals surface area contributed by atoms with Gasteiger partial charge in [0.15, 0.2) is 0 Å². The highest BCUT2D eigenvalue weighted by atomic mass is 32.2. The first-order chi connectivity index (χ1) is 9.99. The third-order valence-electron chi connectivity index (χ3n) is 3.10. The van der Waals surface area contributed by atoms with Crippen LogP contribution in [0.1, 0.15) is 16.7 Å². The molecule has 1 rings (SSSR count). The summed E-state index contributed by atoms with van der Waals surface area (Å²) in [4.78, 5) is -0.0709. The van der Waals surface area contributed by atoms with E-state index >= 15 is 0 Å². The molecular formula is C14H20F3NO3S. The van der Waals surface area contributed by atoms with E-state index in [1.807, 2.05) is 0 Å². The van der Waals surface area contributed by atoms with E-state index in [0.29, 0.717) is 15.4 Å². The fourth-order valence-corrected chi connectivity index (χ4v) is 4.20. The largest absolute Gasteiger partial charge is 0.402 e. The van der Waals surface area contributed by atoms with Gasteiger partial charge in [-0.2, -0.15) is 17.5 Å². The maximum Gasteiger partial charge on any atom is 0.402 e. The predicted molar refractivity (Wildman–Crippen MR) is 77.3 cm³/mol. The summed E-state index contributed by atoms with van der Waals surface area (Å²) in [5.41, 5.74) is 1.72. The second-order valence-corrected chi connectivity index (χ2v) is 7.05. The standard InChI is InChI=1S/C14H20F3NO3S/c1-10-7-11(2)13(12(3)8-10)22(19,20)18(5-6-21-4)9-14(15,16)17/h7-8H,5-6,9H2,1-4H3. The average Bonchev–Trinajstić information content (AvgIpc) is 2.31. The number of ether oxygens (including phenoxy) is 1. The maximum absolute atomic E-state index is 12.7.